The molecular weight excluding hydrogens is 496 g/mol. The lowest BCUT2D eigenvalue weighted by molar-refractivity contribution is 1.24. The smallest absolute Gasteiger partial charge is 0.0490 e. The minimum absolute atomic E-state index is 1.13. The van der Waals surface area contributed by atoms with Crippen molar-refractivity contribution in [2.45, 2.75) is 20.8 Å². The fraction of sp³-hybridized carbons (Fsp3) is 0.0769. The first-order valence-electron chi connectivity index (χ1n) is 14.1. The summed E-state index contributed by atoms with van der Waals surface area (Å²) < 4.78 is 0. The highest BCUT2D eigenvalue weighted by Gasteiger charge is 2.15. The van der Waals surface area contributed by atoms with E-state index < -0.39 is 0 Å². The molecule has 200 valence electrons. The summed E-state index contributed by atoms with van der Waals surface area (Å²) in [6.07, 6.45) is 0. The molecule has 6 aromatic rings. The number of nitrogens with zero attached hydrogens (tertiary/aromatic N) is 2. The minimum Gasteiger partial charge on any atom is -0.311 e. The van der Waals surface area contributed by atoms with Crippen molar-refractivity contribution in [3.63, 3.8) is 0 Å². The zero-order valence-electron chi connectivity index (χ0n) is 23.8. The summed E-state index contributed by atoms with van der Waals surface area (Å²) in [7, 11) is 0. The van der Waals surface area contributed by atoms with E-state index in [-0.39, 0.29) is 0 Å². The number of benzene rings is 6. The highest BCUT2D eigenvalue weighted by Crippen LogP contribution is 2.39. The van der Waals surface area contributed by atoms with E-state index >= 15 is 0 Å². The number of aryl methyl sites for hydroxylation is 3. The normalized spacial score (nSPS) is 10.8. The van der Waals surface area contributed by atoms with Gasteiger partial charge >= 0.3 is 0 Å². The van der Waals surface area contributed by atoms with Gasteiger partial charge in [0.2, 0.25) is 0 Å². The molecule has 0 unspecified atom stereocenters. The van der Waals surface area contributed by atoms with Gasteiger partial charge in [-0.25, -0.2) is 0 Å². The van der Waals surface area contributed by atoms with Gasteiger partial charge in [-0.15, -0.1) is 0 Å². The molecule has 0 aliphatic rings. The zero-order chi connectivity index (χ0) is 28.2. The molecule has 0 aromatic heterocycles. The molecule has 0 atom stereocenters. The predicted molar refractivity (Wildman–Crippen MR) is 175 cm³/mol. The van der Waals surface area contributed by atoms with Crippen LogP contribution in [0.4, 0.5) is 34.1 Å². The molecule has 2 heteroatoms. The lowest BCUT2D eigenvalue weighted by Crippen LogP contribution is -2.11. The van der Waals surface area contributed by atoms with E-state index in [1.807, 2.05) is 0 Å². The number of hydrogen-bond acceptors (Lipinski definition) is 2. The van der Waals surface area contributed by atoms with Crippen LogP contribution in [0, 0.1) is 20.8 Å². The van der Waals surface area contributed by atoms with Crippen LogP contribution in [0.15, 0.2) is 152 Å². The van der Waals surface area contributed by atoms with Crippen molar-refractivity contribution in [1.29, 1.82) is 0 Å². The van der Waals surface area contributed by atoms with E-state index in [0.29, 0.717) is 0 Å². The van der Waals surface area contributed by atoms with Crippen molar-refractivity contribution in [3.05, 3.63) is 168 Å². The minimum atomic E-state index is 1.13. The van der Waals surface area contributed by atoms with Crippen LogP contribution in [-0.2, 0) is 0 Å². The third-order valence-corrected chi connectivity index (χ3v) is 7.50. The fourth-order valence-corrected chi connectivity index (χ4v) is 5.38. The van der Waals surface area contributed by atoms with E-state index in [1.54, 1.807) is 0 Å². The number of hydrogen-bond donors (Lipinski definition) is 0. The molecule has 0 N–H and O–H groups in total. The van der Waals surface area contributed by atoms with Crippen LogP contribution in [0.2, 0.25) is 0 Å². The second-order valence-electron chi connectivity index (χ2n) is 10.6. The molecule has 0 amide bonds. The average Bonchev–Trinajstić information content (AvgIpc) is 3.01. The molecule has 0 bridgehead atoms. The number of para-hydroxylation sites is 2. The molecule has 6 rings (SSSR count). The van der Waals surface area contributed by atoms with Crippen molar-refractivity contribution in [2.24, 2.45) is 0 Å². The Hall–Kier alpha value is -5.08. The molecule has 0 fully saturated rings. The van der Waals surface area contributed by atoms with Gasteiger partial charge in [0.05, 0.1) is 0 Å². The summed E-state index contributed by atoms with van der Waals surface area (Å²) in [6, 6.07) is 54.2. The van der Waals surface area contributed by atoms with Gasteiger partial charge < -0.3 is 9.80 Å². The summed E-state index contributed by atoms with van der Waals surface area (Å²) >= 11 is 0. The molecule has 41 heavy (non-hydrogen) atoms. The molecule has 0 heterocycles. The van der Waals surface area contributed by atoms with Gasteiger partial charge in [0.15, 0.2) is 0 Å². The van der Waals surface area contributed by atoms with E-state index in [1.165, 1.54) is 33.5 Å². The van der Waals surface area contributed by atoms with Crippen LogP contribution in [0.3, 0.4) is 0 Å². The first-order chi connectivity index (χ1) is 20.1. The molecule has 6 aromatic carbocycles. The Morgan fingerprint density at radius 3 is 1.22 bits per heavy atom. The summed E-state index contributed by atoms with van der Waals surface area (Å²) in [4.78, 5) is 4.63. The average molecular weight is 531 g/mol. The van der Waals surface area contributed by atoms with Crippen LogP contribution < -0.4 is 9.80 Å². The third-order valence-electron chi connectivity index (χ3n) is 7.50. The maximum absolute atomic E-state index is 2.33. The lowest BCUT2D eigenvalue weighted by atomic mass is 10.0. The van der Waals surface area contributed by atoms with Crippen molar-refractivity contribution in [2.75, 3.05) is 9.80 Å². The molecule has 0 aliphatic carbocycles. The molecular formula is C39H34N2. The monoisotopic (exact) mass is 530 g/mol. The van der Waals surface area contributed by atoms with E-state index in [4.69, 9.17) is 0 Å². The van der Waals surface area contributed by atoms with Crippen LogP contribution in [0.5, 0.6) is 0 Å². The second-order valence-corrected chi connectivity index (χ2v) is 10.6. The predicted octanol–water partition coefficient (Wildman–Crippen LogP) is 11.2. The van der Waals surface area contributed by atoms with Crippen molar-refractivity contribution >= 4 is 34.1 Å². The van der Waals surface area contributed by atoms with Crippen molar-refractivity contribution in [1.82, 2.24) is 0 Å². The maximum Gasteiger partial charge on any atom is 0.0490 e. The van der Waals surface area contributed by atoms with E-state index in [0.717, 1.165) is 28.4 Å². The molecule has 0 saturated heterocycles. The molecule has 2 nitrogen and oxygen atoms in total. The topological polar surface area (TPSA) is 6.48 Å². The van der Waals surface area contributed by atoms with Crippen LogP contribution >= 0.6 is 0 Å². The third kappa shape index (κ3) is 5.64. The van der Waals surface area contributed by atoms with E-state index in [2.05, 4.69) is 182 Å². The van der Waals surface area contributed by atoms with Crippen LogP contribution in [0.1, 0.15) is 16.7 Å². The molecule has 0 aliphatic heterocycles. The van der Waals surface area contributed by atoms with Crippen molar-refractivity contribution in [3.8, 4) is 11.1 Å². The Morgan fingerprint density at radius 1 is 0.341 bits per heavy atom. The number of anilines is 6. The van der Waals surface area contributed by atoms with Crippen LogP contribution in [0.25, 0.3) is 11.1 Å². The Balaban J connectivity index is 1.32. The van der Waals surface area contributed by atoms with Gasteiger partial charge in [-0.1, -0.05) is 96.1 Å². The Bertz CT molecular complexity index is 1720. The number of rotatable bonds is 7. The van der Waals surface area contributed by atoms with Gasteiger partial charge in [0, 0.05) is 34.1 Å². The van der Waals surface area contributed by atoms with Gasteiger partial charge in [-0.2, -0.15) is 0 Å². The fourth-order valence-electron chi connectivity index (χ4n) is 5.38. The standard InChI is InChI=1S/C39H34N2/c1-29-14-21-36(22-15-29)40(34-10-6-4-7-11-34)37-23-17-32(18-24-37)33-19-25-38(26-20-33)41(35-12-8-5-9-13-35)39-27-16-30(2)28-31(39)3/h4-28H,1-3H3. The van der Waals surface area contributed by atoms with Gasteiger partial charge in [0.25, 0.3) is 0 Å². The molecule has 0 saturated carbocycles. The largest absolute Gasteiger partial charge is 0.311 e. The Morgan fingerprint density at radius 2 is 0.732 bits per heavy atom. The quantitative estimate of drug-likeness (QED) is 0.202. The first kappa shape index (κ1) is 26.2. The highest BCUT2D eigenvalue weighted by molar-refractivity contribution is 5.81. The second kappa shape index (κ2) is 11.6. The maximum atomic E-state index is 2.33. The summed E-state index contributed by atoms with van der Waals surface area (Å²) in [5.41, 5.74) is 13.0. The van der Waals surface area contributed by atoms with Gasteiger partial charge in [-0.3, -0.25) is 0 Å². The van der Waals surface area contributed by atoms with Crippen molar-refractivity contribution < 1.29 is 0 Å². The van der Waals surface area contributed by atoms with E-state index in [9.17, 15) is 0 Å². The molecule has 0 radical (unpaired) electrons. The van der Waals surface area contributed by atoms with Gasteiger partial charge in [0.1, 0.15) is 0 Å². The lowest BCUT2D eigenvalue weighted by Gasteiger charge is -2.27. The molecule has 0 spiro atoms. The summed E-state index contributed by atoms with van der Waals surface area (Å²) in [6.45, 7) is 6.45. The van der Waals surface area contributed by atoms with Gasteiger partial charge in [-0.05, 0) is 104 Å². The summed E-state index contributed by atoms with van der Waals surface area (Å²) in [5, 5.41) is 0. The first-order valence-corrected chi connectivity index (χ1v) is 14.1. The van der Waals surface area contributed by atoms with Crippen LogP contribution in [-0.4, -0.2) is 0 Å². The zero-order valence-corrected chi connectivity index (χ0v) is 23.8. The highest BCUT2D eigenvalue weighted by atomic mass is 15.1. The Labute approximate surface area is 243 Å². The SMILES string of the molecule is Cc1ccc(N(c2ccccc2)c2ccc(-c3ccc(N(c4ccccc4)c4ccc(C)cc4C)cc3)cc2)cc1. The Kier molecular flexibility index (Phi) is 7.38. The summed E-state index contributed by atoms with van der Waals surface area (Å²) in [5.74, 6) is 0.